The Morgan fingerprint density at radius 1 is 1.12 bits per heavy atom. The predicted octanol–water partition coefficient (Wildman–Crippen LogP) is 4.27. The minimum Gasteiger partial charge on any atom is -0.392 e. The Labute approximate surface area is 110 Å². The number of hydrogen-bond acceptors (Lipinski definition) is 2. The van der Waals surface area contributed by atoms with E-state index in [0.29, 0.717) is 0 Å². The van der Waals surface area contributed by atoms with Gasteiger partial charge in [-0.15, -0.1) is 11.8 Å². The van der Waals surface area contributed by atoms with Crippen molar-refractivity contribution in [2.75, 3.05) is 5.75 Å². The fourth-order valence-corrected chi connectivity index (χ4v) is 2.55. The highest BCUT2D eigenvalue weighted by Gasteiger charge is 2.05. The van der Waals surface area contributed by atoms with Crippen molar-refractivity contribution in [3.05, 3.63) is 29.8 Å². The van der Waals surface area contributed by atoms with Crippen molar-refractivity contribution in [2.45, 2.75) is 51.0 Å². The van der Waals surface area contributed by atoms with E-state index in [4.69, 9.17) is 0 Å². The second-order valence-electron chi connectivity index (χ2n) is 5.10. The molecule has 17 heavy (non-hydrogen) atoms. The van der Waals surface area contributed by atoms with Gasteiger partial charge in [0.25, 0.3) is 0 Å². The first-order valence-electron chi connectivity index (χ1n) is 6.45. The van der Waals surface area contributed by atoms with E-state index < -0.39 is 0 Å². The van der Waals surface area contributed by atoms with Crippen molar-refractivity contribution >= 4 is 11.8 Å². The van der Waals surface area contributed by atoms with Crippen LogP contribution in [0.15, 0.2) is 29.2 Å². The Hall–Kier alpha value is -0.470. The molecule has 1 unspecified atom stereocenters. The zero-order valence-electron chi connectivity index (χ0n) is 11.1. The van der Waals surface area contributed by atoms with Gasteiger partial charge >= 0.3 is 0 Å². The van der Waals surface area contributed by atoms with Gasteiger partial charge in [-0.05, 0) is 31.4 Å². The smallest absolute Gasteiger partial charge is 0.0634 e. The number of hydrogen-bond donors (Lipinski definition) is 1. The minimum absolute atomic E-state index is 0.167. The molecule has 1 aromatic rings. The summed E-state index contributed by atoms with van der Waals surface area (Å²) in [5.41, 5.74) is 1.28. The number of aryl methyl sites for hydroxylation is 1. The lowest BCUT2D eigenvalue weighted by Gasteiger charge is -2.11. The summed E-state index contributed by atoms with van der Waals surface area (Å²) in [5.74, 6) is 1.55. The van der Waals surface area contributed by atoms with Gasteiger partial charge in [0.1, 0.15) is 0 Å². The van der Waals surface area contributed by atoms with E-state index in [2.05, 4.69) is 45.0 Å². The maximum Gasteiger partial charge on any atom is 0.0634 e. The molecule has 0 heterocycles. The van der Waals surface area contributed by atoms with Gasteiger partial charge in [0.2, 0.25) is 0 Å². The lowest BCUT2D eigenvalue weighted by atomic mass is 10.1. The van der Waals surface area contributed by atoms with E-state index >= 15 is 0 Å². The van der Waals surface area contributed by atoms with Crippen LogP contribution in [0.2, 0.25) is 0 Å². The van der Waals surface area contributed by atoms with Gasteiger partial charge in [-0.3, -0.25) is 0 Å². The van der Waals surface area contributed by atoms with E-state index in [1.54, 1.807) is 11.8 Å². The summed E-state index contributed by atoms with van der Waals surface area (Å²) in [4.78, 5) is 1.25. The van der Waals surface area contributed by atoms with Crippen LogP contribution in [0.3, 0.4) is 0 Å². The zero-order valence-corrected chi connectivity index (χ0v) is 12.0. The van der Waals surface area contributed by atoms with Gasteiger partial charge in [0.05, 0.1) is 6.10 Å². The summed E-state index contributed by atoms with van der Waals surface area (Å²) in [6.07, 6.45) is 3.11. The molecule has 0 fully saturated rings. The van der Waals surface area contributed by atoms with Gasteiger partial charge in [-0.1, -0.05) is 44.4 Å². The van der Waals surface area contributed by atoms with Gasteiger partial charge < -0.3 is 5.11 Å². The van der Waals surface area contributed by atoms with Crippen molar-refractivity contribution in [2.24, 2.45) is 5.92 Å². The Morgan fingerprint density at radius 2 is 1.76 bits per heavy atom. The topological polar surface area (TPSA) is 20.2 Å². The average molecular weight is 252 g/mol. The molecular weight excluding hydrogens is 228 g/mol. The number of benzene rings is 1. The zero-order chi connectivity index (χ0) is 12.7. The molecule has 1 aromatic carbocycles. The monoisotopic (exact) mass is 252 g/mol. The summed E-state index contributed by atoms with van der Waals surface area (Å²) >= 11 is 1.75. The predicted molar refractivity (Wildman–Crippen MR) is 76.6 cm³/mol. The molecule has 1 N–H and O–H groups in total. The summed E-state index contributed by atoms with van der Waals surface area (Å²) in [5, 5.41) is 9.86. The number of rotatable bonds is 7. The highest BCUT2D eigenvalue weighted by atomic mass is 32.2. The highest BCUT2D eigenvalue weighted by molar-refractivity contribution is 7.99. The van der Waals surface area contributed by atoms with Crippen LogP contribution in [-0.2, 0) is 0 Å². The Balaban J connectivity index is 2.19. The molecule has 0 saturated carbocycles. The normalized spacial score (nSPS) is 13.0. The van der Waals surface area contributed by atoms with Crippen molar-refractivity contribution in [1.29, 1.82) is 0 Å². The van der Waals surface area contributed by atoms with Crippen LogP contribution in [-0.4, -0.2) is 17.0 Å². The van der Waals surface area contributed by atoms with E-state index in [-0.39, 0.29) is 6.10 Å². The third-order valence-electron chi connectivity index (χ3n) is 2.78. The van der Waals surface area contributed by atoms with E-state index in [0.717, 1.165) is 24.5 Å². The molecule has 96 valence electrons. The summed E-state index contributed by atoms with van der Waals surface area (Å²) in [6.45, 7) is 6.55. The molecule has 0 saturated heterocycles. The summed E-state index contributed by atoms with van der Waals surface area (Å²) in [7, 11) is 0. The fourth-order valence-electron chi connectivity index (χ4n) is 1.67. The lowest BCUT2D eigenvalue weighted by Crippen LogP contribution is -2.09. The minimum atomic E-state index is -0.167. The van der Waals surface area contributed by atoms with E-state index in [9.17, 15) is 5.11 Å². The summed E-state index contributed by atoms with van der Waals surface area (Å²) in [6, 6.07) is 8.49. The van der Waals surface area contributed by atoms with E-state index in [1.807, 2.05) is 0 Å². The van der Waals surface area contributed by atoms with E-state index in [1.165, 1.54) is 16.9 Å². The lowest BCUT2D eigenvalue weighted by molar-refractivity contribution is 0.183. The number of aliphatic hydroxyl groups is 1. The maximum absolute atomic E-state index is 9.86. The van der Waals surface area contributed by atoms with Crippen LogP contribution in [0.1, 0.15) is 38.7 Å². The largest absolute Gasteiger partial charge is 0.392 e. The molecule has 1 nitrogen and oxygen atoms in total. The van der Waals surface area contributed by atoms with Crippen molar-refractivity contribution in [3.8, 4) is 0 Å². The molecule has 0 aliphatic rings. The number of thioether (sulfide) groups is 1. The van der Waals surface area contributed by atoms with Crippen molar-refractivity contribution < 1.29 is 5.11 Å². The van der Waals surface area contributed by atoms with Crippen LogP contribution < -0.4 is 0 Å². The van der Waals surface area contributed by atoms with Gasteiger partial charge in [0, 0.05) is 10.6 Å². The van der Waals surface area contributed by atoms with Crippen molar-refractivity contribution in [1.82, 2.24) is 0 Å². The quantitative estimate of drug-likeness (QED) is 0.731. The third kappa shape index (κ3) is 6.75. The molecule has 1 rings (SSSR count). The van der Waals surface area contributed by atoms with Crippen LogP contribution in [0.5, 0.6) is 0 Å². The van der Waals surface area contributed by atoms with Crippen molar-refractivity contribution in [3.63, 3.8) is 0 Å². The van der Waals surface area contributed by atoms with Gasteiger partial charge in [-0.2, -0.15) is 0 Å². The molecule has 0 aromatic heterocycles. The maximum atomic E-state index is 9.86. The van der Waals surface area contributed by atoms with Gasteiger partial charge in [-0.25, -0.2) is 0 Å². The Kier molecular flexibility index (Phi) is 6.68. The Morgan fingerprint density at radius 3 is 2.35 bits per heavy atom. The molecule has 2 heteroatoms. The van der Waals surface area contributed by atoms with Gasteiger partial charge in [0.15, 0.2) is 0 Å². The Bertz CT molecular complexity index is 305. The first-order valence-corrected chi connectivity index (χ1v) is 7.44. The first-order chi connectivity index (χ1) is 8.08. The molecule has 0 aliphatic carbocycles. The molecule has 0 amide bonds. The number of aliphatic hydroxyl groups excluding tert-OH is 1. The molecule has 1 atom stereocenters. The van der Waals surface area contributed by atoms with Crippen LogP contribution in [0.25, 0.3) is 0 Å². The second kappa shape index (κ2) is 7.78. The highest BCUT2D eigenvalue weighted by Crippen LogP contribution is 2.20. The third-order valence-corrected chi connectivity index (χ3v) is 3.94. The molecule has 0 radical (unpaired) electrons. The standard InChI is InChI=1S/C15H24OS/c1-12(2)5-4-6-14(16)11-17-15-9-7-13(3)8-10-15/h7-10,12,14,16H,4-6,11H2,1-3H3. The molecule has 0 bridgehead atoms. The van der Waals surface area contributed by atoms with Crippen LogP contribution in [0, 0.1) is 12.8 Å². The SMILES string of the molecule is Cc1ccc(SCC(O)CCCC(C)C)cc1. The van der Waals surface area contributed by atoms with Crippen LogP contribution >= 0.6 is 11.8 Å². The molecular formula is C15H24OS. The molecule has 0 spiro atoms. The second-order valence-corrected chi connectivity index (χ2v) is 6.20. The van der Waals surface area contributed by atoms with Crippen LogP contribution in [0.4, 0.5) is 0 Å². The first kappa shape index (κ1) is 14.6. The average Bonchev–Trinajstić information content (AvgIpc) is 2.28. The molecule has 0 aliphatic heterocycles. The fraction of sp³-hybridized carbons (Fsp3) is 0.600. The summed E-state index contributed by atoms with van der Waals surface area (Å²) < 4.78 is 0.